The Hall–Kier alpha value is -0.130. The molecule has 0 aromatic carbocycles. The Balaban J connectivity index is 2.79. The van der Waals surface area contributed by atoms with Gasteiger partial charge in [-0.2, -0.15) is 4.31 Å². The summed E-state index contributed by atoms with van der Waals surface area (Å²) < 4.78 is 25.1. The first-order chi connectivity index (χ1) is 6.68. The van der Waals surface area contributed by atoms with Crippen LogP contribution in [0, 0.1) is 5.41 Å². The standard InChI is InChI=1S/C10H21NO3S/c1-8(2)15(13,14)11-6-5-10(3,4)9(12)7-11/h8-9,12H,5-7H2,1-4H3. The molecule has 5 heteroatoms. The Morgan fingerprint density at radius 3 is 2.33 bits per heavy atom. The predicted molar refractivity (Wildman–Crippen MR) is 60.0 cm³/mol. The minimum Gasteiger partial charge on any atom is -0.391 e. The molecule has 0 aromatic heterocycles. The SMILES string of the molecule is CC(C)S(=O)(=O)N1CCC(C)(C)C(O)C1. The molecule has 1 aliphatic rings. The largest absolute Gasteiger partial charge is 0.391 e. The van der Waals surface area contributed by atoms with Crippen LogP contribution >= 0.6 is 0 Å². The molecule has 4 nitrogen and oxygen atoms in total. The molecule has 1 N–H and O–H groups in total. The molecular formula is C10H21NO3S. The van der Waals surface area contributed by atoms with Crippen molar-refractivity contribution in [3.63, 3.8) is 0 Å². The lowest BCUT2D eigenvalue weighted by Crippen LogP contribution is -2.51. The highest BCUT2D eigenvalue weighted by molar-refractivity contribution is 7.89. The average molecular weight is 235 g/mol. The van der Waals surface area contributed by atoms with Crippen molar-refractivity contribution >= 4 is 10.0 Å². The van der Waals surface area contributed by atoms with Crippen molar-refractivity contribution in [1.29, 1.82) is 0 Å². The van der Waals surface area contributed by atoms with Crippen molar-refractivity contribution in [1.82, 2.24) is 4.31 Å². The summed E-state index contributed by atoms with van der Waals surface area (Å²) in [6, 6.07) is 0. The third-order valence-electron chi connectivity index (χ3n) is 3.24. The minimum absolute atomic E-state index is 0.178. The van der Waals surface area contributed by atoms with Gasteiger partial charge in [-0.25, -0.2) is 8.42 Å². The van der Waals surface area contributed by atoms with E-state index in [0.717, 1.165) is 0 Å². The van der Waals surface area contributed by atoms with Gasteiger partial charge in [-0.3, -0.25) is 0 Å². The van der Waals surface area contributed by atoms with Crippen LogP contribution in [0.15, 0.2) is 0 Å². The second kappa shape index (κ2) is 4.03. The molecule has 1 rings (SSSR count). The summed E-state index contributed by atoms with van der Waals surface area (Å²) in [7, 11) is -3.21. The lowest BCUT2D eigenvalue weighted by Gasteiger charge is -2.40. The normalized spacial score (nSPS) is 28.3. The Labute approximate surface area is 92.3 Å². The van der Waals surface area contributed by atoms with E-state index in [9.17, 15) is 13.5 Å². The highest BCUT2D eigenvalue weighted by Gasteiger charge is 2.39. The maximum Gasteiger partial charge on any atom is 0.216 e. The van der Waals surface area contributed by atoms with Crippen LogP contribution < -0.4 is 0 Å². The summed E-state index contributed by atoms with van der Waals surface area (Å²) in [5.74, 6) is 0. The fourth-order valence-corrected chi connectivity index (χ4v) is 2.93. The quantitative estimate of drug-likeness (QED) is 0.771. The number of piperidine rings is 1. The summed E-state index contributed by atoms with van der Waals surface area (Å²) in [6.07, 6.45) is 0.139. The lowest BCUT2D eigenvalue weighted by atomic mass is 9.81. The number of β-amino-alcohol motifs (C(OH)–C–C–N with tert-alkyl or cyclic N) is 1. The van der Waals surface area contributed by atoms with Gasteiger partial charge in [-0.05, 0) is 25.7 Å². The van der Waals surface area contributed by atoms with E-state index < -0.39 is 21.4 Å². The molecule has 1 heterocycles. The minimum atomic E-state index is -3.21. The maximum absolute atomic E-state index is 11.9. The number of nitrogens with zero attached hydrogens (tertiary/aromatic N) is 1. The Morgan fingerprint density at radius 2 is 1.93 bits per heavy atom. The Bertz CT molecular complexity index is 322. The fourth-order valence-electron chi connectivity index (χ4n) is 1.64. The molecule has 1 unspecified atom stereocenters. The number of hydrogen-bond donors (Lipinski definition) is 1. The van der Waals surface area contributed by atoms with Gasteiger partial charge in [-0.1, -0.05) is 13.8 Å². The summed E-state index contributed by atoms with van der Waals surface area (Å²) in [6.45, 7) is 8.02. The van der Waals surface area contributed by atoms with Gasteiger partial charge < -0.3 is 5.11 Å². The third-order valence-corrected chi connectivity index (χ3v) is 5.48. The monoisotopic (exact) mass is 235 g/mol. The zero-order valence-corrected chi connectivity index (χ0v) is 10.7. The lowest BCUT2D eigenvalue weighted by molar-refractivity contribution is -0.000868. The summed E-state index contributed by atoms with van der Waals surface area (Å²) >= 11 is 0. The molecule has 15 heavy (non-hydrogen) atoms. The molecule has 1 saturated heterocycles. The van der Waals surface area contributed by atoms with Crippen LogP contribution in [0.3, 0.4) is 0 Å². The summed E-state index contributed by atoms with van der Waals surface area (Å²) in [5.41, 5.74) is -0.178. The molecule has 0 radical (unpaired) electrons. The van der Waals surface area contributed by atoms with E-state index in [1.165, 1.54) is 4.31 Å². The number of rotatable bonds is 2. The van der Waals surface area contributed by atoms with Gasteiger partial charge in [0.25, 0.3) is 0 Å². The van der Waals surface area contributed by atoms with Crippen LogP contribution in [0.25, 0.3) is 0 Å². The molecular weight excluding hydrogens is 214 g/mol. The van der Waals surface area contributed by atoms with E-state index in [2.05, 4.69) is 0 Å². The van der Waals surface area contributed by atoms with E-state index in [1.807, 2.05) is 13.8 Å². The van der Waals surface area contributed by atoms with Gasteiger partial charge in [0, 0.05) is 13.1 Å². The van der Waals surface area contributed by atoms with Crippen LogP contribution in [0.2, 0.25) is 0 Å². The number of aliphatic hydroxyl groups is 1. The first-order valence-corrected chi connectivity index (χ1v) is 6.85. The van der Waals surface area contributed by atoms with Crippen LogP contribution in [0.5, 0.6) is 0 Å². The second-order valence-corrected chi connectivity index (χ2v) is 7.70. The number of aliphatic hydroxyl groups excluding tert-OH is 1. The third kappa shape index (κ3) is 2.52. The summed E-state index contributed by atoms with van der Waals surface area (Å²) in [4.78, 5) is 0. The summed E-state index contributed by atoms with van der Waals surface area (Å²) in [5, 5.41) is 9.44. The van der Waals surface area contributed by atoms with E-state index in [0.29, 0.717) is 13.0 Å². The molecule has 1 fully saturated rings. The molecule has 90 valence electrons. The van der Waals surface area contributed by atoms with Crippen molar-refractivity contribution < 1.29 is 13.5 Å². The zero-order valence-electron chi connectivity index (χ0n) is 9.90. The zero-order chi connectivity index (χ0) is 11.9. The highest BCUT2D eigenvalue weighted by atomic mass is 32.2. The van der Waals surface area contributed by atoms with Gasteiger partial charge in [-0.15, -0.1) is 0 Å². The van der Waals surface area contributed by atoms with E-state index in [4.69, 9.17) is 0 Å². The van der Waals surface area contributed by atoms with Crippen molar-refractivity contribution in [2.45, 2.75) is 45.5 Å². The van der Waals surface area contributed by atoms with Gasteiger partial charge in [0.15, 0.2) is 0 Å². The highest BCUT2D eigenvalue weighted by Crippen LogP contribution is 2.31. The van der Waals surface area contributed by atoms with Gasteiger partial charge in [0.05, 0.1) is 11.4 Å². The van der Waals surface area contributed by atoms with E-state index in [-0.39, 0.29) is 12.0 Å². The molecule has 0 saturated carbocycles. The van der Waals surface area contributed by atoms with Crippen molar-refractivity contribution in [3.05, 3.63) is 0 Å². The molecule has 1 aliphatic heterocycles. The molecule has 0 aliphatic carbocycles. The molecule has 0 aromatic rings. The van der Waals surface area contributed by atoms with Crippen molar-refractivity contribution in [2.24, 2.45) is 5.41 Å². The first-order valence-electron chi connectivity index (χ1n) is 5.35. The van der Waals surface area contributed by atoms with Crippen molar-refractivity contribution in [3.8, 4) is 0 Å². The average Bonchev–Trinajstić information content (AvgIpc) is 2.09. The van der Waals surface area contributed by atoms with Gasteiger partial charge >= 0.3 is 0 Å². The molecule has 0 bridgehead atoms. The van der Waals surface area contributed by atoms with Crippen LogP contribution in [-0.4, -0.2) is 42.3 Å². The fraction of sp³-hybridized carbons (Fsp3) is 1.00. The predicted octanol–water partition coefficient (Wildman–Crippen LogP) is 0.817. The van der Waals surface area contributed by atoms with Crippen molar-refractivity contribution in [2.75, 3.05) is 13.1 Å². The molecule has 0 spiro atoms. The Morgan fingerprint density at radius 1 is 1.40 bits per heavy atom. The molecule has 0 amide bonds. The second-order valence-electron chi connectivity index (χ2n) is 5.21. The van der Waals surface area contributed by atoms with Crippen LogP contribution in [-0.2, 0) is 10.0 Å². The van der Waals surface area contributed by atoms with Gasteiger partial charge in [0.2, 0.25) is 10.0 Å². The number of hydrogen-bond acceptors (Lipinski definition) is 3. The van der Waals surface area contributed by atoms with E-state index in [1.54, 1.807) is 13.8 Å². The van der Waals surface area contributed by atoms with Gasteiger partial charge in [0.1, 0.15) is 0 Å². The molecule has 1 atom stereocenters. The number of sulfonamides is 1. The topological polar surface area (TPSA) is 57.6 Å². The van der Waals surface area contributed by atoms with Crippen LogP contribution in [0.4, 0.5) is 0 Å². The maximum atomic E-state index is 11.9. The smallest absolute Gasteiger partial charge is 0.216 e. The first kappa shape index (κ1) is 12.9. The Kier molecular flexibility index (Phi) is 3.48. The van der Waals surface area contributed by atoms with E-state index >= 15 is 0 Å². The van der Waals surface area contributed by atoms with Crippen LogP contribution in [0.1, 0.15) is 34.1 Å².